The zero-order chi connectivity index (χ0) is 12.0. The highest BCUT2D eigenvalue weighted by Gasteiger charge is 2.05. The lowest BCUT2D eigenvalue weighted by molar-refractivity contribution is 0.417. The van der Waals surface area contributed by atoms with Crippen LogP contribution in [-0.2, 0) is 0 Å². The third kappa shape index (κ3) is 3.70. The van der Waals surface area contributed by atoms with Crippen LogP contribution in [0.15, 0.2) is 24.3 Å². The highest BCUT2D eigenvalue weighted by molar-refractivity contribution is 7.80. The summed E-state index contributed by atoms with van der Waals surface area (Å²) in [6.45, 7) is 4.21. The second-order valence-electron chi connectivity index (χ2n) is 3.61. The molecule has 0 spiro atoms. The number of hydrogen-bond acceptors (Lipinski definition) is 2. The van der Waals surface area contributed by atoms with E-state index in [-0.39, 0.29) is 0 Å². The number of para-hydroxylation sites is 2. The molecule has 1 rings (SSSR count). The number of benzene rings is 1. The maximum absolute atomic E-state index is 5.23. The van der Waals surface area contributed by atoms with E-state index < -0.39 is 0 Å². The number of rotatable bonds is 4. The summed E-state index contributed by atoms with van der Waals surface area (Å²) < 4.78 is 5.23. The van der Waals surface area contributed by atoms with Crippen LogP contribution in [0.3, 0.4) is 0 Å². The van der Waals surface area contributed by atoms with Gasteiger partial charge in [-0.05, 0) is 37.7 Å². The second kappa shape index (κ2) is 6.33. The third-order valence-corrected chi connectivity index (χ3v) is 2.56. The molecule has 0 saturated heterocycles. The Bertz CT molecular complexity index is 355. The van der Waals surface area contributed by atoms with E-state index >= 15 is 0 Å². The van der Waals surface area contributed by atoms with Gasteiger partial charge in [0.1, 0.15) is 5.75 Å². The van der Waals surface area contributed by atoms with Crippen LogP contribution in [0.5, 0.6) is 5.75 Å². The molecule has 0 heterocycles. The molecule has 0 unspecified atom stereocenters. The molecule has 0 aliphatic heterocycles. The molecule has 1 atom stereocenters. The lowest BCUT2D eigenvalue weighted by Gasteiger charge is -2.16. The van der Waals surface area contributed by atoms with Gasteiger partial charge < -0.3 is 15.4 Å². The molecule has 4 heteroatoms. The van der Waals surface area contributed by atoms with Crippen LogP contribution in [0.1, 0.15) is 20.3 Å². The highest BCUT2D eigenvalue weighted by Crippen LogP contribution is 2.22. The van der Waals surface area contributed by atoms with E-state index in [0.717, 1.165) is 17.9 Å². The van der Waals surface area contributed by atoms with E-state index in [1.807, 2.05) is 24.3 Å². The fourth-order valence-corrected chi connectivity index (χ4v) is 1.54. The molecule has 16 heavy (non-hydrogen) atoms. The number of thiocarbonyl (C=S) groups is 1. The summed E-state index contributed by atoms with van der Waals surface area (Å²) in [5.41, 5.74) is 0.880. The SMILES string of the molecule is CC[C@@H](C)NC(=S)Nc1ccccc1OC. The van der Waals surface area contributed by atoms with Gasteiger partial charge in [0.25, 0.3) is 0 Å². The van der Waals surface area contributed by atoms with Crippen LogP contribution < -0.4 is 15.4 Å². The Morgan fingerprint density at radius 3 is 2.75 bits per heavy atom. The van der Waals surface area contributed by atoms with E-state index in [1.165, 1.54) is 0 Å². The highest BCUT2D eigenvalue weighted by atomic mass is 32.1. The minimum atomic E-state index is 0.370. The average molecular weight is 238 g/mol. The van der Waals surface area contributed by atoms with Crippen molar-refractivity contribution in [1.82, 2.24) is 5.32 Å². The molecule has 1 aromatic rings. The number of ether oxygens (including phenoxy) is 1. The fourth-order valence-electron chi connectivity index (χ4n) is 1.23. The molecule has 0 aliphatic carbocycles. The van der Waals surface area contributed by atoms with E-state index in [1.54, 1.807) is 7.11 Å². The Morgan fingerprint density at radius 2 is 2.12 bits per heavy atom. The first-order valence-electron chi connectivity index (χ1n) is 5.38. The molecule has 1 aromatic carbocycles. The van der Waals surface area contributed by atoms with Crippen LogP contribution in [0.25, 0.3) is 0 Å². The number of hydrogen-bond donors (Lipinski definition) is 2. The van der Waals surface area contributed by atoms with Crippen molar-refractivity contribution < 1.29 is 4.74 Å². The number of nitrogens with one attached hydrogen (secondary N) is 2. The lowest BCUT2D eigenvalue weighted by atomic mass is 10.2. The standard InChI is InChI=1S/C12H18N2OS/c1-4-9(2)13-12(16)14-10-7-5-6-8-11(10)15-3/h5-9H,4H2,1-3H3,(H2,13,14,16)/t9-/m1/s1. The van der Waals surface area contributed by atoms with Crippen molar-refractivity contribution in [3.8, 4) is 5.75 Å². The molecule has 0 radical (unpaired) electrons. The second-order valence-corrected chi connectivity index (χ2v) is 4.02. The van der Waals surface area contributed by atoms with Crippen LogP contribution in [0, 0.1) is 0 Å². The quantitative estimate of drug-likeness (QED) is 0.790. The Balaban J connectivity index is 2.62. The molecule has 88 valence electrons. The first kappa shape index (κ1) is 12.8. The molecule has 0 fully saturated rings. The van der Waals surface area contributed by atoms with Crippen molar-refractivity contribution in [2.75, 3.05) is 12.4 Å². The molecule has 0 bridgehead atoms. The van der Waals surface area contributed by atoms with Gasteiger partial charge in [-0.2, -0.15) is 0 Å². The Morgan fingerprint density at radius 1 is 1.44 bits per heavy atom. The molecule has 2 N–H and O–H groups in total. The maximum atomic E-state index is 5.23. The minimum absolute atomic E-state index is 0.370. The lowest BCUT2D eigenvalue weighted by Crippen LogP contribution is -2.35. The van der Waals surface area contributed by atoms with Crippen molar-refractivity contribution in [1.29, 1.82) is 0 Å². The zero-order valence-corrected chi connectivity index (χ0v) is 10.7. The summed E-state index contributed by atoms with van der Waals surface area (Å²) in [4.78, 5) is 0. The van der Waals surface area contributed by atoms with Crippen LogP contribution >= 0.6 is 12.2 Å². The van der Waals surface area contributed by atoms with Crippen molar-refractivity contribution in [2.24, 2.45) is 0 Å². The Labute approximate surface area is 102 Å². The Hall–Kier alpha value is -1.29. The summed E-state index contributed by atoms with van der Waals surface area (Å²) in [5, 5.41) is 6.94. The van der Waals surface area contributed by atoms with Gasteiger partial charge >= 0.3 is 0 Å². The smallest absolute Gasteiger partial charge is 0.171 e. The van der Waals surface area contributed by atoms with E-state index in [4.69, 9.17) is 17.0 Å². The number of methoxy groups -OCH3 is 1. The number of anilines is 1. The molecule has 3 nitrogen and oxygen atoms in total. The van der Waals surface area contributed by atoms with Crippen molar-refractivity contribution in [3.63, 3.8) is 0 Å². The monoisotopic (exact) mass is 238 g/mol. The molecule has 0 aliphatic rings. The Kier molecular flexibility index (Phi) is 5.05. The van der Waals surface area contributed by atoms with Gasteiger partial charge in [-0.1, -0.05) is 19.1 Å². The summed E-state index contributed by atoms with van der Waals surface area (Å²) in [5.74, 6) is 0.788. The predicted molar refractivity (Wildman–Crippen MR) is 72.1 cm³/mol. The summed E-state index contributed by atoms with van der Waals surface area (Å²) in [7, 11) is 1.64. The molecule has 0 saturated carbocycles. The van der Waals surface area contributed by atoms with Gasteiger partial charge in [-0.25, -0.2) is 0 Å². The average Bonchev–Trinajstić information content (AvgIpc) is 2.29. The van der Waals surface area contributed by atoms with Gasteiger partial charge in [-0.3, -0.25) is 0 Å². The summed E-state index contributed by atoms with van der Waals surface area (Å²) >= 11 is 5.21. The summed E-state index contributed by atoms with van der Waals surface area (Å²) in [6, 6.07) is 8.07. The van der Waals surface area contributed by atoms with Crippen molar-refractivity contribution in [2.45, 2.75) is 26.3 Å². The first-order chi connectivity index (χ1) is 7.67. The van der Waals surface area contributed by atoms with Gasteiger partial charge in [0, 0.05) is 6.04 Å². The zero-order valence-electron chi connectivity index (χ0n) is 9.91. The fraction of sp³-hybridized carbons (Fsp3) is 0.417. The predicted octanol–water partition coefficient (Wildman–Crippen LogP) is 2.78. The molecular formula is C12H18N2OS. The molecule has 0 amide bonds. The van der Waals surface area contributed by atoms with Crippen molar-refractivity contribution >= 4 is 23.0 Å². The topological polar surface area (TPSA) is 33.3 Å². The third-order valence-electron chi connectivity index (χ3n) is 2.35. The van der Waals surface area contributed by atoms with Gasteiger partial charge in [0.2, 0.25) is 0 Å². The molecule has 0 aromatic heterocycles. The van der Waals surface area contributed by atoms with Crippen molar-refractivity contribution in [3.05, 3.63) is 24.3 Å². The van der Waals surface area contributed by atoms with Crippen LogP contribution in [-0.4, -0.2) is 18.3 Å². The van der Waals surface area contributed by atoms with Gasteiger partial charge in [-0.15, -0.1) is 0 Å². The van der Waals surface area contributed by atoms with Gasteiger partial charge in [0.15, 0.2) is 5.11 Å². The van der Waals surface area contributed by atoms with Crippen LogP contribution in [0.4, 0.5) is 5.69 Å². The summed E-state index contributed by atoms with van der Waals surface area (Å²) in [6.07, 6.45) is 1.04. The van der Waals surface area contributed by atoms with E-state index in [0.29, 0.717) is 11.2 Å². The minimum Gasteiger partial charge on any atom is -0.495 e. The normalized spacial score (nSPS) is 11.7. The van der Waals surface area contributed by atoms with Crippen LogP contribution in [0.2, 0.25) is 0 Å². The van der Waals surface area contributed by atoms with E-state index in [2.05, 4.69) is 24.5 Å². The first-order valence-corrected chi connectivity index (χ1v) is 5.78. The molecular weight excluding hydrogens is 220 g/mol. The maximum Gasteiger partial charge on any atom is 0.171 e. The largest absolute Gasteiger partial charge is 0.495 e. The van der Waals surface area contributed by atoms with Gasteiger partial charge in [0.05, 0.1) is 12.8 Å². The van der Waals surface area contributed by atoms with E-state index in [9.17, 15) is 0 Å².